The molecule has 28 heavy (non-hydrogen) atoms. The maximum atomic E-state index is 10.3. The van der Waals surface area contributed by atoms with Crippen molar-refractivity contribution in [3.05, 3.63) is 54.6 Å². The molecule has 5 rings (SSSR count). The zero-order chi connectivity index (χ0) is 19.4. The third kappa shape index (κ3) is 2.54. The molecule has 6 heteroatoms. The summed E-state index contributed by atoms with van der Waals surface area (Å²) in [6.07, 6.45) is -6.56. The minimum Gasteiger partial charge on any atom is -0.461 e. The molecule has 4 aromatic rings. The van der Waals surface area contributed by atoms with E-state index in [1.54, 1.807) is 6.07 Å². The Labute approximate surface area is 160 Å². The molecule has 1 saturated heterocycles. The molecule has 1 heterocycles. The molecular weight excluding hydrogens is 360 g/mol. The summed E-state index contributed by atoms with van der Waals surface area (Å²) in [6.45, 7) is -0.497. The smallest absolute Gasteiger partial charge is 0.229 e. The molecule has 1 fully saturated rings. The molecule has 4 N–H and O–H groups in total. The Morgan fingerprint density at radius 1 is 0.750 bits per heavy atom. The van der Waals surface area contributed by atoms with E-state index in [0.717, 1.165) is 32.3 Å². The summed E-state index contributed by atoms with van der Waals surface area (Å²) in [5.41, 5.74) is 0. The Bertz CT molecular complexity index is 1120. The molecule has 5 atom stereocenters. The lowest BCUT2D eigenvalue weighted by Gasteiger charge is -2.39. The first-order valence-corrected chi connectivity index (χ1v) is 9.22. The van der Waals surface area contributed by atoms with Gasteiger partial charge in [0.25, 0.3) is 0 Å². The van der Waals surface area contributed by atoms with Crippen LogP contribution in [0.15, 0.2) is 54.6 Å². The fourth-order valence-electron chi connectivity index (χ4n) is 4.10. The second kappa shape index (κ2) is 6.55. The van der Waals surface area contributed by atoms with Gasteiger partial charge in [0.2, 0.25) is 6.29 Å². The van der Waals surface area contributed by atoms with E-state index in [-0.39, 0.29) is 0 Å². The minimum absolute atomic E-state index is 0.495. The highest BCUT2D eigenvalue weighted by Crippen LogP contribution is 2.39. The van der Waals surface area contributed by atoms with Gasteiger partial charge in [0.1, 0.15) is 30.2 Å². The number of aliphatic hydroxyl groups excluding tert-OH is 4. The summed E-state index contributed by atoms with van der Waals surface area (Å²) < 4.78 is 11.4. The molecular formula is C22H20O6. The number of rotatable bonds is 3. The van der Waals surface area contributed by atoms with Crippen molar-refractivity contribution in [1.29, 1.82) is 0 Å². The standard InChI is InChI=1S/C22H20O6/c23-10-16-19(24)20(25)21(26)22(28-16)27-15-9-7-13-5-4-11-2-1-3-12-6-8-14(15)18(13)17(11)12/h1-9,16,19-26H,10H2/t16-,19+,20+,21-,22-/m1/s1. The summed E-state index contributed by atoms with van der Waals surface area (Å²) in [6, 6.07) is 18.0. The molecule has 0 unspecified atom stereocenters. The quantitative estimate of drug-likeness (QED) is 0.404. The lowest BCUT2D eigenvalue weighted by atomic mass is 9.94. The van der Waals surface area contributed by atoms with Crippen molar-refractivity contribution in [3.63, 3.8) is 0 Å². The van der Waals surface area contributed by atoms with Crippen LogP contribution in [-0.4, -0.2) is 57.7 Å². The number of ether oxygens (including phenoxy) is 2. The zero-order valence-electron chi connectivity index (χ0n) is 14.9. The van der Waals surface area contributed by atoms with Crippen molar-refractivity contribution in [2.45, 2.75) is 30.7 Å². The Hall–Kier alpha value is -2.48. The van der Waals surface area contributed by atoms with Gasteiger partial charge >= 0.3 is 0 Å². The third-order valence-electron chi connectivity index (χ3n) is 5.58. The second-order valence-corrected chi connectivity index (χ2v) is 7.23. The highest BCUT2D eigenvalue weighted by Gasteiger charge is 2.44. The van der Waals surface area contributed by atoms with E-state index in [1.165, 1.54) is 0 Å². The van der Waals surface area contributed by atoms with Gasteiger partial charge in [-0.05, 0) is 33.7 Å². The van der Waals surface area contributed by atoms with Crippen LogP contribution in [0.1, 0.15) is 0 Å². The van der Waals surface area contributed by atoms with Crippen LogP contribution < -0.4 is 4.74 Å². The first kappa shape index (κ1) is 17.6. The Morgan fingerprint density at radius 2 is 1.39 bits per heavy atom. The van der Waals surface area contributed by atoms with Crippen molar-refractivity contribution in [1.82, 2.24) is 0 Å². The first-order valence-electron chi connectivity index (χ1n) is 9.22. The van der Waals surface area contributed by atoms with E-state index >= 15 is 0 Å². The average molecular weight is 380 g/mol. The van der Waals surface area contributed by atoms with Crippen molar-refractivity contribution in [2.75, 3.05) is 6.61 Å². The normalized spacial score (nSPS) is 28.4. The fraction of sp³-hybridized carbons (Fsp3) is 0.273. The van der Waals surface area contributed by atoms with Gasteiger partial charge in [-0.15, -0.1) is 0 Å². The number of hydrogen-bond donors (Lipinski definition) is 4. The van der Waals surface area contributed by atoms with Crippen LogP contribution in [0.2, 0.25) is 0 Å². The summed E-state index contributed by atoms with van der Waals surface area (Å²) in [4.78, 5) is 0. The minimum atomic E-state index is -1.48. The van der Waals surface area contributed by atoms with Crippen LogP contribution in [0.25, 0.3) is 32.3 Å². The molecule has 6 nitrogen and oxygen atoms in total. The second-order valence-electron chi connectivity index (χ2n) is 7.23. The molecule has 1 aliphatic rings. The SMILES string of the molecule is OC[C@H]1O[C@@H](Oc2ccc3ccc4cccc5ccc2c3c45)[C@H](O)[C@@H](O)[C@H]1O. The van der Waals surface area contributed by atoms with Crippen molar-refractivity contribution >= 4 is 32.3 Å². The van der Waals surface area contributed by atoms with E-state index in [1.807, 2.05) is 24.3 Å². The molecule has 0 radical (unpaired) electrons. The zero-order valence-corrected chi connectivity index (χ0v) is 14.9. The van der Waals surface area contributed by atoms with Crippen LogP contribution in [-0.2, 0) is 4.74 Å². The molecule has 0 saturated carbocycles. The lowest BCUT2D eigenvalue weighted by molar-refractivity contribution is -0.277. The Kier molecular flexibility index (Phi) is 4.12. The number of benzene rings is 4. The monoisotopic (exact) mass is 380 g/mol. The molecule has 0 amide bonds. The van der Waals surface area contributed by atoms with Gasteiger partial charge in [-0.3, -0.25) is 0 Å². The van der Waals surface area contributed by atoms with Crippen LogP contribution in [0, 0.1) is 0 Å². The van der Waals surface area contributed by atoms with E-state index in [0.29, 0.717) is 5.75 Å². The van der Waals surface area contributed by atoms with Crippen molar-refractivity contribution < 1.29 is 29.9 Å². The predicted molar refractivity (Wildman–Crippen MR) is 105 cm³/mol. The Balaban J connectivity index is 1.61. The third-order valence-corrected chi connectivity index (χ3v) is 5.58. The summed E-state index contributed by atoms with van der Waals surface area (Å²) in [5, 5.41) is 46.0. The van der Waals surface area contributed by atoms with Crippen molar-refractivity contribution in [3.8, 4) is 5.75 Å². The highest BCUT2D eigenvalue weighted by atomic mass is 16.7. The highest BCUT2D eigenvalue weighted by molar-refractivity contribution is 6.24. The first-order chi connectivity index (χ1) is 13.6. The maximum absolute atomic E-state index is 10.3. The summed E-state index contributed by atoms with van der Waals surface area (Å²) in [5.74, 6) is 0.495. The van der Waals surface area contributed by atoms with E-state index in [2.05, 4.69) is 24.3 Å². The lowest BCUT2D eigenvalue weighted by Crippen LogP contribution is -2.60. The van der Waals surface area contributed by atoms with Gasteiger partial charge in [-0.1, -0.05) is 42.5 Å². The molecule has 1 aliphatic heterocycles. The maximum Gasteiger partial charge on any atom is 0.229 e. The average Bonchev–Trinajstić information content (AvgIpc) is 2.73. The van der Waals surface area contributed by atoms with Gasteiger partial charge in [-0.25, -0.2) is 0 Å². The van der Waals surface area contributed by atoms with Crippen LogP contribution in [0.3, 0.4) is 0 Å². The fourth-order valence-corrected chi connectivity index (χ4v) is 4.10. The number of hydrogen-bond acceptors (Lipinski definition) is 6. The molecule has 0 aliphatic carbocycles. The van der Waals surface area contributed by atoms with Crippen LogP contribution >= 0.6 is 0 Å². The predicted octanol–water partition coefficient (Wildman–Crippen LogP) is 1.76. The molecule has 4 aromatic carbocycles. The van der Waals surface area contributed by atoms with Crippen molar-refractivity contribution in [2.24, 2.45) is 0 Å². The van der Waals surface area contributed by atoms with Gasteiger partial charge < -0.3 is 29.9 Å². The topological polar surface area (TPSA) is 99.4 Å². The molecule has 0 bridgehead atoms. The van der Waals surface area contributed by atoms with Gasteiger partial charge in [0, 0.05) is 10.8 Å². The van der Waals surface area contributed by atoms with Gasteiger partial charge in [-0.2, -0.15) is 0 Å². The largest absolute Gasteiger partial charge is 0.461 e. The van der Waals surface area contributed by atoms with Crippen LogP contribution in [0.5, 0.6) is 5.75 Å². The summed E-state index contributed by atoms with van der Waals surface area (Å²) >= 11 is 0. The molecule has 144 valence electrons. The van der Waals surface area contributed by atoms with Crippen LogP contribution in [0.4, 0.5) is 0 Å². The van der Waals surface area contributed by atoms with E-state index in [4.69, 9.17) is 9.47 Å². The van der Waals surface area contributed by atoms with E-state index < -0.39 is 37.3 Å². The van der Waals surface area contributed by atoms with Gasteiger partial charge in [0.15, 0.2) is 0 Å². The number of aliphatic hydroxyl groups is 4. The molecule has 0 aromatic heterocycles. The molecule has 0 spiro atoms. The van der Waals surface area contributed by atoms with Gasteiger partial charge in [0.05, 0.1) is 6.61 Å². The summed E-state index contributed by atoms with van der Waals surface area (Å²) in [7, 11) is 0. The van der Waals surface area contributed by atoms with E-state index in [9.17, 15) is 20.4 Å². The Morgan fingerprint density at radius 3 is 2.11 bits per heavy atom.